The van der Waals surface area contributed by atoms with Gasteiger partial charge in [-0.05, 0) is 64.3 Å². The summed E-state index contributed by atoms with van der Waals surface area (Å²) >= 11 is 0. The topological polar surface area (TPSA) is 55.4 Å². The maximum Gasteiger partial charge on any atom is 0.155 e. The van der Waals surface area contributed by atoms with Crippen molar-refractivity contribution in [2.45, 2.75) is 77.4 Å². The van der Waals surface area contributed by atoms with Crippen LogP contribution in [-0.4, -0.2) is 32.1 Å². The Hall–Kier alpha value is -1.23. The third kappa shape index (κ3) is 8.93. The standard InChI is InChI=1S/C21H37NO3S/c1-5-6-17-25-20-14-12-19(13-15-20)22-16-10-8-7-9-11-18-26(23,24)21(2,3)4/h12-15,22H,5-11,16-18H2,1-4H3. The van der Waals surface area contributed by atoms with Gasteiger partial charge in [0.25, 0.3) is 0 Å². The molecule has 5 heteroatoms. The van der Waals surface area contributed by atoms with Crippen molar-refractivity contribution in [3.8, 4) is 5.75 Å². The number of hydrogen-bond donors (Lipinski definition) is 1. The molecular weight excluding hydrogens is 346 g/mol. The fourth-order valence-electron chi connectivity index (χ4n) is 2.49. The highest BCUT2D eigenvalue weighted by Gasteiger charge is 2.27. The van der Waals surface area contributed by atoms with Crippen LogP contribution in [-0.2, 0) is 9.84 Å². The van der Waals surface area contributed by atoms with Crippen LogP contribution in [0.25, 0.3) is 0 Å². The molecule has 1 aromatic rings. The highest BCUT2D eigenvalue weighted by molar-refractivity contribution is 7.92. The molecule has 0 aliphatic heterocycles. The lowest BCUT2D eigenvalue weighted by molar-refractivity contribution is 0.309. The van der Waals surface area contributed by atoms with E-state index in [1.807, 2.05) is 12.1 Å². The molecule has 0 bridgehead atoms. The first kappa shape index (κ1) is 22.8. The molecule has 0 saturated carbocycles. The molecule has 26 heavy (non-hydrogen) atoms. The minimum Gasteiger partial charge on any atom is -0.494 e. The van der Waals surface area contributed by atoms with Gasteiger partial charge in [-0.15, -0.1) is 0 Å². The van der Waals surface area contributed by atoms with Crippen molar-refractivity contribution in [3.63, 3.8) is 0 Å². The number of benzene rings is 1. The fourth-order valence-corrected chi connectivity index (χ4v) is 3.69. The van der Waals surface area contributed by atoms with E-state index in [9.17, 15) is 8.42 Å². The van der Waals surface area contributed by atoms with E-state index >= 15 is 0 Å². The van der Waals surface area contributed by atoms with Crippen LogP contribution in [0.5, 0.6) is 5.75 Å². The third-order valence-electron chi connectivity index (χ3n) is 4.47. The van der Waals surface area contributed by atoms with E-state index in [2.05, 4.69) is 24.4 Å². The summed E-state index contributed by atoms with van der Waals surface area (Å²) in [6, 6.07) is 8.12. The Bertz CT molecular complexity index is 589. The lowest BCUT2D eigenvalue weighted by atomic mass is 10.1. The van der Waals surface area contributed by atoms with Gasteiger partial charge in [0.1, 0.15) is 5.75 Å². The molecule has 150 valence electrons. The van der Waals surface area contributed by atoms with E-state index in [1.54, 1.807) is 20.8 Å². The second-order valence-corrected chi connectivity index (χ2v) is 10.7. The van der Waals surface area contributed by atoms with Crippen LogP contribution in [0.3, 0.4) is 0 Å². The normalized spacial score (nSPS) is 12.2. The molecule has 1 N–H and O–H groups in total. The van der Waals surface area contributed by atoms with Gasteiger partial charge in [0.05, 0.1) is 17.1 Å². The van der Waals surface area contributed by atoms with Crippen molar-refractivity contribution in [1.82, 2.24) is 0 Å². The Kier molecular flexibility index (Phi) is 10.1. The summed E-state index contributed by atoms with van der Waals surface area (Å²) in [5.41, 5.74) is 1.11. The number of sulfone groups is 1. The van der Waals surface area contributed by atoms with Gasteiger partial charge < -0.3 is 10.1 Å². The largest absolute Gasteiger partial charge is 0.494 e. The Balaban J connectivity index is 2.09. The van der Waals surface area contributed by atoms with Crippen LogP contribution in [0.15, 0.2) is 24.3 Å². The SMILES string of the molecule is CCCCOc1ccc(NCCCCCCCS(=O)(=O)C(C)(C)C)cc1. The Morgan fingerprint density at radius 1 is 0.923 bits per heavy atom. The van der Waals surface area contributed by atoms with Crippen LogP contribution >= 0.6 is 0 Å². The van der Waals surface area contributed by atoms with Gasteiger partial charge in [-0.2, -0.15) is 0 Å². The zero-order valence-electron chi connectivity index (χ0n) is 17.0. The van der Waals surface area contributed by atoms with Gasteiger partial charge in [-0.25, -0.2) is 8.42 Å². The molecule has 0 aromatic heterocycles. The summed E-state index contributed by atoms with van der Waals surface area (Å²) in [4.78, 5) is 0. The van der Waals surface area contributed by atoms with Crippen molar-refractivity contribution < 1.29 is 13.2 Å². The fraction of sp³-hybridized carbons (Fsp3) is 0.714. The smallest absolute Gasteiger partial charge is 0.155 e. The summed E-state index contributed by atoms with van der Waals surface area (Å²) in [7, 11) is -2.96. The molecule has 1 aromatic carbocycles. The zero-order chi connectivity index (χ0) is 19.5. The Morgan fingerprint density at radius 2 is 1.54 bits per heavy atom. The molecular formula is C21H37NO3S. The molecule has 0 saturated heterocycles. The van der Waals surface area contributed by atoms with Gasteiger partial charge in [0.15, 0.2) is 9.84 Å². The molecule has 0 aliphatic carbocycles. The van der Waals surface area contributed by atoms with E-state index in [1.165, 1.54) is 0 Å². The number of anilines is 1. The number of nitrogens with one attached hydrogen (secondary N) is 1. The maximum atomic E-state index is 12.0. The van der Waals surface area contributed by atoms with Gasteiger partial charge in [0, 0.05) is 12.2 Å². The summed E-state index contributed by atoms with van der Waals surface area (Å²) in [6.45, 7) is 9.20. The van der Waals surface area contributed by atoms with Gasteiger partial charge >= 0.3 is 0 Å². The summed E-state index contributed by atoms with van der Waals surface area (Å²) < 4.78 is 29.1. The van der Waals surface area contributed by atoms with Crippen LogP contribution in [0, 0.1) is 0 Å². The Morgan fingerprint density at radius 3 is 2.15 bits per heavy atom. The minimum absolute atomic E-state index is 0.307. The third-order valence-corrected chi connectivity index (χ3v) is 7.17. The second kappa shape index (κ2) is 11.5. The monoisotopic (exact) mass is 383 g/mol. The first-order valence-corrected chi connectivity index (χ1v) is 11.6. The minimum atomic E-state index is -2.96. The van der Waals surface area contributed by atoms with Gasteiger partial charge in [-0.1, -0.05) is 32.6 Å². The molecule has 1 rings (SSSR count). The average molecular weight is 384 g/mol. The van der Waals surface area contributed by atoms with Crippen molar-refractivity contribution in [2.24, 2.45) is 0 Å². The lowest BCUT2D eigenvalue weighted by Gasteiger charge is -2.18. The number of unbranched alkanes of at least 4 members (excludes halogenated alkanes) is 5. The van der Waals surface area contributed by atoms with Crippen molar-refractivity contribution >= 4 is 15.5 Å². The molecule has 0 unspecified atom stereocenters. The second-order valence-electron chi connectivity index (χ2n) is 7.85. The van der Waals surface area contributed by atoms with E-state index in [0.717, 1.165) is 69.5 Å². The maximum absolute atomic E-state index is 12.0. The van der Waals surface area contributed by atoms with Crippen LogP contribution < -0.4 is 10.1 Å². The lowest BCUT2D eigenvalue weighted by Crippen LogP contribution is -2.30. The van der Waals surface area contributed by atoms with Crippen LogP contribution in [0.1, 0.15) is 72.6 Å². The first-order chi connectivity index (χ1) is 12.3. The first-order valence-electron chi connectivity index (χ1n) is 9.95. The van der Waals surface area contributed by atoms with Crippen LogP contribution in [0.4, 0.5) is 5.69 Å². The van der Waals surface area contributed by atoms with Crippen molar-refractivity contribution in [1.29, 1.82) is 0 Å². The molecule has 0 heterocycles. The highest BCUT2D eigenvalue weighted by atomic mass is 32.2. The Labute approximate surface area is 160 Å². The van der Waals surface area contributed by atoms with Gasteiger partial charge in [0.2, 0.25) is 0 Å². The molecule has 0 atom stereocenters. The van der Waals surface area contributed by atoms with E-state index in [-0.39, 0.29) is 0 Å². The quantitative estimate of drug-likeness (QED) is 0.461. The summed E-state index contributed by atoms with van der Waals surface area (Å²) in [6.07, 6.45) is 7.30. The summed E-state index contributed by atoms with van der Waals surface area (Å²) in [5, 5.41) is 3.42. The number of rotatable bonds is 13. The van der Waals surface area contributed by atoms with Crippen molar-refractivity contribution in [2.75, 3.05) is 24.2 Å². The number of ether oxygens (including phenoxy) is 1. The predicted molar refractivity (Wildman–Crippen MR) is 112 cm³/mol. The molecule has 0 aliphatic rings. The molecule has 0 amide bonds. The zero-order valence-corrected chi connectivity index (χ0v) is 17.8. The molecule has 0 spiro atoms. The molecule has 0 radical (unpaired) electrons. The highest BCUT2D eigenvalue weighted by Crippen LogP contribution is 2.18. The van der Waals surface area contributed by atoms with Crippen molar-refractivity contribution in [3.05, 3.63) is 24.3 Å². The van der Waals surface area contributed by atoms with E-state index in [4.69, 9.17) is 4.74 Å². The molecule has 0 fully saturated rings. The van der Waals surface area contributed by atoms with Crippen LogP contribution in [0.2, 0.25) is 0 Å². The van der Waals surface area contributed by atoms with E-state index in [0.29, 0.717) is 5.75 Å². The van der Waals surface area contributed by atoms with E-state index < -0.39 is 14.6 Å². The average Bonchev–Trinajstić information content (AvgIpc) is 2.57. The predicted octanol–water partition coefficient (Wildman–Crippen LogP) is 5.44. The number of hydrogen-bond acceptors (Lipinski definition) is 4. The summed E-state index contributed by atoms with van der Waals surface area (Å²) in [5.74, 6) is 1.23. The molecule has 4 nitrogen and oxygen atoms in total. The van der Waals surface area contributed by atoms with Gasteiger partial charge in [-0.3, -0.25) is 0 Å².